The summed E-state index contributed by atoms with van der Waals surface area (Å²) in [7, 11) is 0. The van der Waals surface area contributed by atoms with Crippen molar-refractivity contribution in [3.05, 3.63) is 35.4 Å². The van der Waals surface area contributed by atoms with Crippen LogP contribution < -0.4 is 5.73 Å². The molecule has 0 aromatic heterocycles. The van der Waals surface area contributed by atoms with E-state index in [0.29, 0.717) is 6.04 Å². The van der Waals surface area contributed by atoms with Gasteiger partial charge in [-0.3, -0.25) is 4.90 Å². The Balaban J connectivity index is 2.14. The Labute approximate surface area is 130 Å². The van der Waals surface area contributed by atoms with Crippen molar-refractivity contribution in [2.45, 2.75) is 65.0 Å². The number of likely N-dealkylation sites (tertiary alicyclic amines) is 1. The second-order valence-electron chi connectivity index (χ2n) is 6.78. The second kappa shape index (κ2) is 7.95. The Hall–Kier alpha value is -0.860. The number of nitrogens with two attached hydrogens (primary N) is 1. The van der Waals surface area contributed by atoms with Crippen molar-refractivity contribution >= 4 is 0 Å². The number of hydrogen-bond acceptors (Lipinski definition) is 2. The van der Waals surface area contributed by atoms with Crippen LogP contribution in [0.1, 0.15) is 63.1 Å². The third-order valence-electron chi connectivity index (χ3n) is 4.98. The van der Waals surface area contributed by atoms with Crippen LogP contribution >= 0.6 is 0 Å². The van der Waals surface area contributed by atoms with Gasteiger partial charge in [0.25, 0.3) is 0 Å². The molecular weight excluding hydrogens is 256 g/mol. The first-order valence-electron chi connectivity index (χ1n) is 8.68. The van der Waals surface area contributed by atoms with E-state index in [-0.39, 0.29) is 6.04 Å². The lowest BCUT2D eigenvalue weighted by Crippen LogP contribution is -2.40. The van der Waals surface area contributed by atoms with Gasteiger partial charge in [0.15, 0.2) is 0 Å². The van der Waals surface area contributed by atoms with Crippen molar-refractivity contribution in [1.82, 2.24) is 4.90 Å². The van der Waals surface area contributed by atoms with Crippen LogP contribution in [-0.2, 0) is 0 Å². The fourth-order valence-electron chi connectivity index (χ4n) is 3.89. The van der Waals surface area contributed by atoms with Crippen LogP contribution in [0.4, 0.5) is 0 Å². The highest BCUT2D eigenvalue weighted by Gasteiger charge is 2.27. The minimum absolute atomic E-state index is 0.175. The number of hydrogen-bond donors (Lipinski definition) is 1. The molecule has 1 aliphatic heterocycles. The summed E-state index contributed by atoms with van der Waals surface area (Å²) < 4.78 is 0. The molecule has 118 valence electrons. The maximum Gasteiger partial charge on any atom is 0.0499 e. The van der Waals surface area contributed by atoms with E-state index in [1.54, 1.807) is 0 Å². The van der Waals surface area contributed by atoms with Crippen LogP contribution in [0, 0.1) is 12.8 Å². The Morgan fingerprint density at radius 2 is 2.00 bits per heavy atom. The Bertz CT molecular complexity index is 427. The lowest BCUT2D eigenvalue weighted by molar-refractivity contribution is 0.180. The number of rotatable bonds is 5. The summed E-state index contributed by atoms with van der Waals surface area (Å²) in [5.41, 5.74) is 9.16. The third kappa shape index (κ3) is 4.31. The highest BCUT2D eigenvalue weighted by molar-refractivity contribution is 5.30. The molecule has 0 saturated carbocycles. The smallest absolute Gasteiger partial charge is 0.0499 e. The lowest BCUT2D eigenvalue weighted by atomic mass is 9.94. The van der Waals surface area contributed by atoms with Gasteiger partial charge in [-0.1, -0.05) is 44.0 Å². The summed E-state index contributed by atoms with van der Waals surface area (Å²) in [6.45, 7) is 9.07. The fraction of sp³-hybridized carbons (Fsp3) is 0.684. The molecule has 3 atom stereocenters. The molecule has 1 saturated heterocycles. The number of aryl methyl sites for hydroxylation is 1. The van der Waals surface area contributed by atoms with Crippen LogP contribution in [0.2, 0.25) is 0 Å². The fourth-order valence-corrected chi connectivity index (χ4v) is 3.89. The molecule has 2 heteroatoms. The highest BCUT2D eigenvalue weighted by Crippen LogP contribution is 2.31. The van der Waals surface area contributed by atoms with Crippen LogP contribution in [0.5, 0.6) is 0 Å². The standard InChI is InChI=1S/C19H32N2/c1-4-8-17-10-7-13-21(14-12-17)19(16(3)20)18-11-6-5-9-15(18)2/h5-6,9,11,16-17,19H,4,7-8,10,12-14,20H2,1-3H3. The van der Waals surface area contributed by atoms with E-state index in [2.05, 4.69) is 49.9 Å². The molecule has 1 aromatic carbocycles. The molecule has 1 heterocycles. The minimum Gasteiger partial charge on any atom is -0.326 e. The zero-order valence-corrected chi connectivity index (χ0v) is 14.0. The van der Waals surface area contributed by atoms with E-state index in [1.807, 2.05) is 0 Å². The largest absolute Gasteiger partial charge is 0.326 e. The SMILES string of the molecule is CCCC1CCCN(C(c2ccccc2C)C(C)N)CC1. The molecule has 2 N–H and O–H groups in total. The monoisotopic (exact) mass is 288 g/mol. The maximum absolute atomic E-state index is 6.37. The molecule has 0 bridgehead atoms. The van der Waals surface area contributed by atoms with E-state index in [9.17, 15) is 0 Å². The Kier molecular flexibility index (Phi) is 6.25. The molecule has 0 aliphatic carbocycles. The van der Waals surface area contributed by atoms with Gasteiger partial charge in [-0.2, -0.15) is 0 Å². The van der Waals surface area contributed by atoms with Crippen LogP contribution in [0.15, 0.2) is 24.3 Å². The first-order chi connectivity index (χ1) is 10.1. The molecule has 21 heavy (non-hydrogen) atoms. The van der Waals surface area contributed by atoms with Gasteiger partial charge >= 0.3 is 0 Å². The van der Waals surface area contributed by atoms with Gasteiger partial charge in [0.1, 0.15) is 0 Å². The van der Waals surface area contributed by atoms with E-state index >= 15 is 0 Å². The van der Waals surface area contributed by atoms with E-state index < -0.39 is 0 Å². The van der Waals surface area contributed by atoms with E-state index in [1.165, 1.54) is 56.3 Å². The van der Waals surface area contributed by atoms with Gasteiger partial charge in [-0.25, -0.2) is 0 Å². The first kappa shape index (κ1) is 16.5. The maximum atomic E-state index is 6.37. The predicted molar refractivity (Wildman–Crippen MR) is 91.4 cm³/mol. The highest BCUT2D eigenvalue weighted by atomic mass is 15.2. The van der Waals surface area contributed by atoms with Gasteiger partial charge in [-0.05, 0) is 63.2 Å². The Morgan fingerprint density at radius 1 is 1.24 bits per heavy atom. The van der Waals surface area contributed by atoms with Crippen molar-refractivity contribution in [3.8, 4) is 0 Å². The van der Waals surface area contributed by atoms with Gasteiger partial charge in [-0.15, -0.1) is 0 Å². The Morgan fingerprint density at radius 3 is 2.67 bits per heavy atom. The average molecular weight is 288 g/mol. The van der Waals surface area contributed by atoms with Crippen molar-refractivity contribution in [2.24, 2.45) is 11.7 Å². The van der Waals surface area contributed by atoms with Gasteiger partial charge in [0.05, 0.1) is 0 Å². The molecule has 1 aliphatic rings. The molecule has 3 unspecified atom stereocenters. The summed E-state index contributed by atoms with van der Waals surface area (Å²) >= 11 is 0. The van der Waals surface area contributed by atoms with E-state index in [0.717, 1.165) is 5.92 Å². The summed E-state index contributed by atoms with van der Waals surface area (Å²) in [4.78, 5) is 2.64. The average Bonchev–Trinajstić information content (AvgIpc) is 2.67. The van der Waals surface area contributed by atoms with Gasteiger partial charge < -0.3 is 5.73 Å². The van der Waals surface area contributed by atoms with Crippen molar-refractivity contribution in [1.29, 1.82) is 0 Å². The molecule has 0 radical (unpaired) electrons. The van der Waals surface area contributed by atoms with Crippen LogP contribution in [-0.4, -0.2) is 24.0 Å². The molecule has 2 nitrogen and oxygen atoms in total. The summed E-state index contributed by atoms with van der Waals surface area (Å²) in [6, 6.07) is 9.28. The minimum atomic E-state index is 0.175. The van der Waals surface area contributed by atoms with Crippen molar-refractivity contribution in [2.75, 3.05) is 13.1 Å². The molecule has 0 amide bonds. The molecule has 2 rings (SSSR count). The van der Waals surface area contributed by atoms with Crippen LogP contribution in [0.25, 0.3) is 0 Å². The quantitative estimate of drug-likeness (QED) is 0.876. The second-order valence-corrected chi connectivity index (χ2v) is 6.78. The van der Waals surface area contributed by atoms with Gasteiger partial charge in [0, 0.05) is 12.1 Å². The summed E-state index contributed by atoms with van der Waals surface area (Å²) in [5, 5.41) is 0. The molecule has 0 spiro atoms. The zero-order valence-electron chi connectivity index (χ0n) is 14.0. The number of benzene rings is 1. The third-order valence-corrected chi connectivity index (χ3v) is 4.98. The van der Waals surface area contributed by atoms with Crippen LogP contribution in [0.3, 0.4) is 0 Å². The van der Waals surface area contributed by atoms with Crippen molar-refractivity contribution in [3.63, 3.8) is 0 Å². The summed E-state index contributed by atoms with van der Waals surface area (Å²) in [5.74, 6) is 0.922. The molecule has 1 fully saturated rings. The lowest BCUT2D eigenvalue weighted by Gasteiger charge is -2.34. The normalized spacial score (nSPS) is 23.5. The zero-order chi connectivity index (χ0) is 15.2. The molecular formula is C19H32N2. The summed E-state index contributed by atoms with van der Waals surface area (Å²) in [6.07, 6.45) is 6.76. The van der Waals surface area contributed by atoms with Gasteiger partial charge in [0.2, 0.25) is 0 Å². The topological polar surface area (TPSA) is 29.3 Å². The molecule has 1 aromatic rings. The van der Waals surface area contributed by atoms with E-state index in [4.69, 9.17) is 5.73 Å². The predicted octanol–water partition coefficient (Wildman–Crippen LogP) is 4.29. The van der Waals surface area contributed by atoms with Crippen molar-refractivity contribution < 1.29 is 0 Å². The number of nitrogens with zero attached hydrogens (tertiary/aromatic N) is 1. The first-order valence-corrected chi connectivity index (χ1v) is 8.68.